The molecule has 1 amide bonds. The first-order chi connectivity index (χ1) is 23.3. The number of carbonyl (C=O) groups excluding carboxylic acids is 1. The van der Waals surface area contributed by atoms with Crippen molar-refractivity contribution in [2.45, 2.75) is 53.5 Å². The van der Waals surface area contributed by atoms with E-state index in [9.17, 15) is 57.8 Å². The molecule has 1 unspecified atom stereocenters. The summed E-state index contributed by atoms with van der Waals surface area (Å²) >= 11 is 0. The second-order valence-electron chi connectivity index (χ2n) is 12.2. The van der Waals surface area contributed by atoms with E-state index in [-0.39, 0.29) is 44.6 Å². The van der Waals surface area contributed by atoms with Crippen molar-refractivity contribution in [2.24, 2.45) is 5.41 Å². The molecule has 2 aliphatic heterocycles. The lowest BCUT2D eigenvalue weighted by Gasteiger charge is -2.38. The molecule has 3 aromatic rings. The molecule has 0 saturated carbocycles. The number of nitrogens with zero attached hydrogens (tertiary/aromatic N) is 1. The van der Waals surface area contributed by atoms with Crippen molar-refractivity contribution in [3.05, 3.63) is 101 Å². The number of ether oxygens (including phenoxy) is 2. The Hall–Kier alpha value is -3.67. The monoisotopic (exact) mass is 739 g/mol. The van der Waals surface area contributed by atoms with Gasteiger partial charge in [-0.3, -0.25) is 4.79 Å². The molecule has 0 aromatic heterocycles. The van der Waals surface area contributed by atoms with Crippen LogP contribution in [0.3, 0.4) is 0 Å². The zero-order chi connectivity index (χ0) is 36.8. The zero-order valence-electron chi connectivity index (χ0n) is 26.0. The fourth-order valence-electron chi connectivity index (χ4n) is 6.54. The molecule has 272 valence electrons. The number of aliphatic hydroxyl groups excluding tert-OH is 1. The van der Waals surface area contributed by atoms with Crippen molar-refractivity contribution in [3.8, 4) is 0 Å². The van der Waals surface area contributed by atoms with Crippen LogP contribution in [0.4, 0.5) is 39.5 Å². The predicted molar refractivity (Wildman–Crippen MR) is 157 cm³/mol. The number of amides is 1. The number of alkyl halides is 6. The summed E-state index contributed by atoms with van der Waals surface area (Å²) in [5, 5.41) is 10.2. The quantitative estimate of drug-likeness (QED) is 0.204. The van der Waals surface area contributed by atoms with Crippen LogP contribution in [-0.4, -0.2) is 69.6 Å². The van der Waals surface area contributed by atoms with Gasteiger partial charge in [-0.25, -0.2) is 21.6 Å². The molecule has 1 N–H and O–H groups in total. The number of benzene rings is 3. The van der Waals surface area contributed by atoms with E-state index in [1.54, 1.807) is 0 Å². The van der Waals surface area contributed by atoms with Crippen LogP contribution in [0, 0.1) is 22.9 Å². The van der Waals surface area contributed by atoms with Crippen LogP contribution in [0.25, 0.3) is 0 Å². The number of likely N-dealkylation sites (tertiary alicyclic amines) is 1. The number of carbonyl (C=O) groups is 1. The van der Waals surface area contributed by atoms with Gasteiger partial charge < -0.3 is 19.5 Å². The standard InChI is InChI=1S/C33H30F9NO6S/c34-23-8-10-24(11-9-23)50(46,47)30(12-15-43(19-30)28(45)29(20-44)13-16-48-17-14-29)21-4-6-22(7-5-21)31(32(37,38)39,33(40,41)42)49-18-25-26(35)2-1-3-27(25)36/h1-11,44H,12-20H2. The first-order valence-electron chi connectivity index (χ1n) is 15.1. The van der Waals surface area contributed by atoms with Crippen molar-refractivity contribution < 1.29 is 67.3 Å². The highest BCUT2D eigenvalue weighted by Gasteiger charge is 2.73. The summed E-state index contributed by atoms with van der Waals surface area (Å²) in [5.74, 6) is -4.30. The maximum absolute atomic E-state index is 14.5. The molecule has 7 nitrogen and oxygen atoms in total. The van der Waals surface area contributed by atoms with Gasteiger partial charge in [0.2, 0.25) is 5.91 Å². The van der Waals surface area contributed by atoms with Gasteiger partial charge in [0.15, 0.2) is 9.84 Å². The topological polar surface area (TPSA) is 93.1 Å². The highest BCUT2D eigenvalue weighted by atomic mass is 32.2. The molecule has 2 heterocycles. The molecule has 3 aromatic carbocycles. The predicted octanol–water partition coefficient (Wildman–Crippen LogP) is 6.33. The average molecular weight is 740 g/mol. The molecule has 2 saturated heterocycles. The smallest absolute Gasteiger partial charge is 0.395 e. The molecular weight excluding hydrogens is 709 g/mol. The Labute approximate surface area is 280 Å². The van der Waals surface area contributed by atoms with Gasteiger partial charge in [-0.2, -0.15) is 26.3 Å². The number of hydrogen-bond acceptors (Lipinski definition) is 6. The number of sulfone groups is 1. The van der Waals surface area contributed by atoms with Gasteiger partial charge in [0, 0.05) is 37.4 Å². The van der Waals surface area contributed by atoms with E-state index in [1.807, 2.05) is 0 Å². The van der Waals surface area contributed by atoms with Crippen LogP contribution in [0.15, 0.2) is 71.6 Å². The largest absolute Gasteiger partial charge is 0.430 e. The van der Waals surface area contributed by atoms with Crippen molar-refractivity contribution in [1.29, 1.82) is 0 Å². The summed E-state index contributed by atoms with van der Waals surface area (Å²) in [5.41, 5.74) is -9.49. The lowest BCUT2D eigenvalue weighted by Crippen LogP contribution is -2.56. The third-order valence-electron chi connectivity index (χ3n) is 9.47. The van der Waals surface area contributed by atoms with Crippen LogP contribution in [0.5, 0.6) is 0 Å². The summed E-state index contributed by atoms with van der Waals surface area (Å²) in [6.45, 7) is -2.95. The second-order valence-corrected chi connectivity index (χ2v) is 14.5. The SMILES string of the molecule is O=C(N1CCC(c2ccc(C(OCc3c(F)cccc3F)(C(F)(F)F)C(F)(F)F)cc2)(S(=O)(=O)c2ccc(F)cc2)C1)C1(CO)CCOCC1. The van der Waals surface area contributed by atoms with Crippen molar-refractivity contribution in [3.63, 3.8) is 0 Å². The molecule has 2 aliphatic rings. The van der Waals surface area contributed by atoms with Crippen LogP contribution in [0.1, 0.15) is 36.0 Å². The van der Waals surface area contributed by atoms with Crippen molar-refractivity contribution >= 4 is 15.7 Å². The van der Waals surface area contributed by atoms with E-state index in [4.69, 9.17) is 4.74 Å². The zero-order valence-corrected chi connectivity index (χ0v) is 26.8. The third kappa shape index (κ3) is 6.26. The van der Waals surface area contributed by atoms with Crippen LogP contribution in [0.2, 0.25) is 0 Å². The first-order valence-corrected chi connectivity index (χ1v) is 16.6. The van der Waals surface area contributed by atoms with Crippen LogP contribution in [-0.2, 0) is 41.1 Å². The molecule has 1 atom stereocenters. The van der Waals surface area contributed by atoms with Crippen LogP contribution >= 0.6 is 0 Å². The summed E-state index contributed by atoms with van der Waals surface area (Å²) in [6.07, 6.45) is -12.6. The maximum atomic E-state index is 14.5. The lowest BCUT2D eigenvalue weighted by atomic mass is 9.79. The molecule has 0 radical (unpaired) electrons. The van der Waals surface area contributed by atoms with Gasteiger partial charge >= 0.3 is 12.4 Å². The van der Waals surface area contributed by atoms with Gasteiger partial charge in [-0.15, -0.1) is 0 Å². The van der Waals surface area contributed by atoms with Gasteiger partial charge in [0.05, 0.1) is 23.5 Å². The third-order valence-corrected chi connectivity index (χ3v) is 12.0. The van der Waals surface area contributed by atoms with Gasteiger partial charge in [0.25, 0.3) is 5.60 Å². The Balaban J connectivity index is 1.61. The second kappa shape index (κ2) is 13.5. The lowest BCUT2D eigenvalue weighted by molar-refractivity contribution is -0.392. The average Bonchev–Trinajstić information content (AvgIpc) is 3.53. The Morgan fingerprint density at radius 2 is 1.40 bits per heavy atom. The fourth-order valence-corrected chi connectivity index (χ4v) is 8.61. The van der Waals surface area contributed by atoms with E-state index in [0.29, 0.717) is 24.3 Å². The first kappa shape index (κ1) is 37.6. The molecule has 0 aliphatic carbocycles. The fraction of sp³-hybridized carbons (Fsp3) is 0.424. The summed E-state index contributed by atoms with van der Waals surface area (Å²) in [7, 11) is -4.66. The molecule has 17 heteroatoms. The Morgan fingerprint density at radius 1 is 0.840 bits per heavy atom. The Bertz CT molecular complexity index is 1770. The van der Waals surface area contributed by atoms with E-state index in [2.05, 4.69) is 4.74 Å². The van der Waals surface area contributed by atoms with E-state index < -0.39 is 97.1 Å². The number of hydrogen-bond donors (Lipinski definition) is 1. The van der Waals surface area contributed by atoms with Gasteiger partial charge in [0.1, 0.15) is 22.2 Å². The maximum Gasteiger partial charge on any atom is 0.430 e. The van der Waals surface area contributed by atoms with E-state index in [0.717, 1.165) is 47.4 Å². The van der Waals surface area contributed by atoms with Crippen LogP contribution < -0.4 is 0 Å². The highest BCUT2D eigenvalue weighted by Crippen LogP contribution is 2.54. The Morgan fingerprint density at radius 3 is 1.92 bits per heavy atom. The molecule has 0 spiro atoms. The van der Waals surface area contributed by atoms with Crippen molar-refractivity contribution in [1.82, 2.24) is 4.90 Å². The van der Waals surface area contributed by atoms with E-state index >= 15 is 0 Å². The summed E-state index contributed by atoms with van der Waals surface area (Å²) in [6, 6.07) is 7.83. The van der Waals surface area contributed by atoms with E-state index in [1.165, 1.54) is 0 Å². The van der Waals surface area contributed by atoms with Crippen molar-refractivity contribution in [2.75, 3.05) is 32.9 Å². The minimum Gasteiger partial charge on any atom is -0.395 e. The highest BCUT2D eigenvalue weighted by molar-refractivity contribution is 7.92. The molecule has 50 heavy (non-hydrogen) atoms. The van der Waals surface area contributed by atoms with Gasteiger partial charge in [-0.1, -0.05) is 30.3 Å². The minimum atomic E-state index is -6.24. The minimum absolute atomic E-state index is 0.110. The summed E-state index contributed by atoms with van der Waals surface area (Å²) in [4.78, 5) is 14.5. The number of aliphatic hydroxyl groups is 1. The Kier molecular flexibility index (Phi) is 10.1. The molecule has 0 bridgehead atoms. The summed E-state index contributed by atoms with van der Waals surface area (Å²) < 4.78 is 166. The molecular formula is C33H30F9NO6S. The molecule has 2 fully saturated rings. The number of halogens is 9. The number of rotatable bonds is 9. The van der Waals surface area contributed by atoms with Gasteiger partial charge in [-0.05, 0) is 61.2 Å². The normalized spacial score (nSPS) is 20.2. The molecule has 5 rings (SSSR count).